The smallest absolute Gasteiger partial charge is 0.131 e. The van der Waals surface area contributed by atoms with Gasteiger partial charge in [0.15, 0.2) is 0 Å². The number of rotatable bonds is 4. The molecule has 2 rings (SSSR count). The molecule has 5 heteroatoms. The van der Waals surface area contributed by atoms with E-state index in [0.717, 1.165) is 27.5 Å². The molecule has 0 spiro atoms. The minimum atomic E-state index is 0.790. The fraction of sp³-hybridized carbons (Fsp3) is 0.273. The molecule has 2 aromatic rings. The number of hydrogen-bond donors (Lipinski definition) is 1. The van der Waals surface area contributed by atoms with Gasteiger partial charge in [-0.15, -0.1) is 10.2 Å². The summed E-state index contributed by atoms with van der Waals surface area (Å²) in [5.41, 5.74) is 1.26. The second kappa shape index (κ2) is 5.52. The molecule has 0 fully saturated rings. The van der Waals surface area contributed by atoms with Crippen LogP contribution in [0.1, 0.15) is 15.6 Å². The Kier molecular flexibility index (Phi) is 4.04. The lowest BCUT2D eigenvalue weighted by Gasteiger charge is -1.96. The van der Waals surface area contributed by atoms with Crippen LogP contribution in [0, 0.1) is 0 Å². The lowest BCUT2D eigenvalue weighted by molar-refractivity contribution is 0.791. The molecule has 0 aliphatic rings. The van der Waals surface area contributed by atoms with E-state index in [4.69, 9.17) is 0 Å². The van der Waals surface area contributed by atoms with Crippen molar-refractivity contribution < 1.29 is 0 Å². The van der Waals surface area contributed by atoms with Gasteiger partial charge in [0, 0.05) is 17.4 Å². The van der Waals surface area contributed by atoms with E-state index in [1.165, 1.54) is 5.56 Å². The molecular weight excluding hydrogens is 286 g/mol. The summed E-state index contributed by atoms with van der Waals surface area (Å²) in [4.78, 5) is 0. The number of halogens is 1. The van der Waals surface area contributed by atoms with Crippen molar-refractivity contribution in [3.63, 3.8) is 0 Å². The normalized spacial score (nSPS) is 10.6. The van der Waals surface area contributed by atoms with Gasteiger partial charge in [0.25, 0.3) is 0 Å². The molecule has 0 radical (unpaired) electrons. The lowest BCUT2D eigenvalue weighted by atomic mass is 10.2. The summed E-state index contributed by atoms with van der Waals surface area (Å²) in [6.45, 7) is 0.790. The van der Waals surface area contributed by atoms with E-state index in [0.29, 0.717) is 0 Å². The van der Waals surface area contributed by atoms with Crippen molar-refractivity contribution in [2.45, 2.75) is 13.0 Å². The maximum Gasteiger partial charge on any atom is 0.131 e. The number of hydrogen-bond acceptors (Lipinski definition) is 4. The van der Waals surface area contributed by atoms with Gasteiger partial charge < -0.3 is 5.32 Å². The van der Waals surface area contributed by atoms with Crippen molar-refractivity contribution in [3.8, 4) is 0 Å². The summed E-state index contributed by atoms with van der Waals surface area (Å²) in [5.74, 6) is 0. The lowest BCUT2D eigenvalue weighted by Crippen LogP contribution is -2.04. The third kappa shape index (κ3) is 3.10. The molecule has 0 aliphatic carbocycles. The molecule has 0 unspecified atom stereocenters. The molecule has 0 saturated heterocycles. The number of aromatic nitrogens is 2. The largest absolute Gasteiger partial charge is 0.313 e. The highest BCUT2D eigenvalue weighted by atomic mass is 79.9. The van der Waals surface area contributed by atoms with Crippen LogP contribution in [-0.4, -0.2) is 17.2 Å². The molecule has 0 amide bonds. The molecule has 0 aliphatic heterocycles. The van der Waals surface area contributed by atoms with E-state index in [1.54, 1.807) is 11.3 Å². The molecule has 1 aromatic carbocycles. The Bertz CT molecular complexity index is 453. The van der Waals surface area contributed by atoms with Crippen LogP contribution in [0.25, 0.3) is 0 Å². The predicted molar refractivity (Wildman–Crippen MR) is 69.6 cm³/mol. The number of benzene rings is 1. The Labute approximate surface area is 107 Å². The van der Waals surface area contributed by atoms with E-state index in [1.807, 2.05) is 19.2 Å². The van der Waals surface area contributed by atoms with E-state index >= 15 is 0 Å². The Hall–Kier alpha value is -0.780. The van der Waals surface area contributed by atoms with Gasteiger partial charge in [-0.2, -0.15) is 0 Å². The van der Waals surface area contributed by atoms with Crippen molar-refractivity contribution in [3.05, 3.63) is 44.3 Å². The average molecular weight is 298 g/mol. The monoisotopic (exact) mass is 297 g/mol. The number of nitrogens with zero attached hydrogens (tertiary/aromatic N) is 2. The Morgan fingerprint density at radius 2 is 1.88 bits per heavy atom. The van der Waals surface area contributed by atoms with Crippen molar-refractivity contribution in [1.82, 2.24) is 15.5 Å². The zero-order valence-corrected chi connectivity index (χ0v) is 11.3. The van der Waals surface area contributed by atoms with Crippen LogP contribution in [-0.2, 0) is 13.0 Å². The molecule has 84 valence electrons. The number of nitrogens with one attached hydrogen (secondary N) is 1. The van der Waals surface area contributed by atoms with Gasteiger partial charge in [0.05, 0.1) is 0 Å². The molecule has 0 bridgehead atoms. The third-order valence-corrected chi connectivity index (χ3v) is 3.56. The van der Waals surface area contributed by atoms with Crippen LogP contribution in [0.4, 0.5) is 0 Å². The van der Waals surface area contributed by atoms with Crippen LogP contribution >= 0.6 is 27.3 Å². The van der Waals surface area contributed by atoms with Crippen LogP contribution in [0.5, 0.6) is 0 Å². The first kappa shape index (κ1) is 11.7. The quantitative estimate of drug-likeness (QED) is 0.943. The molecule has 1 heterocycles. The van der Waals surface area contributed by atoms with Gasteiger partial charge in [-0.05, 0) is 24.7 Å². The highest BCUT2D eigenvalue weighted by molar-refractivity contribution is 9.10. The minimum Gasteiger partial charge on any atom is -0.313 e. The average Bonchev–Trinajstić information content (AvgIpc) is 2.70. The Morgan fingerprint density at radius 3 is 2.56 bits per heavy atom. The summed E-state index contributed by atoms with van der Waals surface area (Å²) in [6, 6.07) is 8.29. The van der Waals surface area contributed by atoms with Crippen LogP contribution in [0.3, 0.4) is 0 Å². The van der Waals surface area contributed by atoms with Gasteiger partial charge in [0.1, 0.15) is 10.0 Å². The first-order valence-electron chi connectivity index (χ1n) is 4.98. The maximum atomic E-state index is 4.17. The molecular formula is C11H12BrN3S. The van der Waals surface area contributed by atoms with Crippen molar-refractivity contribution in [1.29, 1.82) is 0 Å². The zero-order chi connectivity index (χ0) is 11.4. The van der Waals surface area contributed by atoms with Gasteiger partial charge >= 0.3 is 0 Å². The SMILES string of the molecule is CNCc1nnc(Cc2ccc(Br)cc2)s1. The Balaban J connectivity index is 2.05. The Morgan fingerprint density at radius 1 is 1.19 bits per heavy atom. The van der Waals surface area contributed by atoms with Gasteiger partial charge in [0.2, 0.25) is 0 Å². The highest BCUT2D eigenvalue weighted by Crippen LogP contribution is 2.16. The van der Waals surface area contributed by atoms with Crippen molar-refractivity contribution in [2.24, 2.45) is 0 Å². The van der Waals surface area contributed by atoms with Gasteiger partial charge in [-0.1, -0.05) is 39.4 Å². The van der Waals surface area contributed by atoms with E-state index in [9.17, 15) is 0 Å². The maximum absolute atomic E-state index is 4.17. The van der Waals surface area contributed by atoms with E-state index < -0.39 is 0 Å². The summed E-state index contributed by atoms with van der Waals surface area (Å²) in [7, 11) is 1.91. The summed E-state index contributed by atoms with van der Waals surface area (Å²) in [5, 5.41) is 13.5. The topological polar surface area (TPSA) is 37.8 Å². The molecule has 1 aromatic heterocycles. The second-order valence-corrected chi connectivity index (χ2v) is 5.49. The van der Waals surface area contributed by atoms with Crippen molar-refractivity contribution in [2.75, 3.05) is 7.05 Å². The minimum absolute atomic E-state index is 0.790. The van der Waals surface area contributed by atoms with Crippen LogP contribution in [0.2, 0.25) is 0 Å². The van der Waals surface area contributed by atoms with E-state index in [-0.39, 0.29) is 0 Å². The summed E-state index contributed by atoms with van der Waals surface area (Å²) < 4.78 is 1.10. The molecule has 1 N–H and O–H groups in total. The van der Waals surface area contributed by atoms with Gasteiger partial charge in [-0.25, -0.2) is 0 Å². The second-order valence-electron chi connectivity index (χ2n) is 3.42. The molecule has 0 atom stereocenters. The first-order chi connectivity index (χ1) is 7.78. The first-order valence-corrected chi connectivity index (χ1v) is 6.59. The summed E-state index contributed by atoms with van der Waals surface area (Å²) >= 11 is 5.08. The zero-order valence-electron chi connectivity index (χ0n) is 8.90. The third-order valence-electron chi connectivity index (χ3n) is 2.11. The predicted octanol–water partition coefficient (Wildman–Crippen LogP) is 2.61. The van der Waals surface area contributed by atoms with E-state index in [2.05, 4.69) is 43.6 Å². The fourth-order valence-electron chi connectivity index (χ4n) is 1.36. The van der Waals surface area contributed by atoms with Crippen molar-refractivity contribution >= 4 is 27.3 Å². The molecule has 16 heavy (non-hydrogen) atoms. The standard InChI is InChI=1S/C11H12BrN3S/c1-13-7-11-15-14-10(16-11)6-8-2-4-9(12)5-3-8/h2-5,13H,6-7H2,1H3. The highest BCUT2D eigenvalue weighted by Gasteiger charge is 2.04. The fourth-order valence-corrected chi connectivity index (χ4v) is 2.51. The van der Waals surface area contributed by atoms with Crippen LogP contribution in [0.15, 0.2) is 28.7 Å². The molecule has 3 nitrogen and oxygen atoms in total. The molecule has 0 saturated carbocycles. The van der Waals surface area contributed by atoms with Crippen LogP contribution < -0.4 is 5.32 Å². The summed E-state index contributed by atoms with van der Waals surface area (Å²) in [6.07, 6.45) is 0.856. The van der Waals surface area contributed by atoms with Gasteiger partial charge in [-0.3, -0.25) is 0 Å².